The molecule has 1 aromatic rings. The van der Waals surface area contributed by atoms with Crippen molar-refractivity contribution in [3.63, 3.8) is 0 Å². The molecule has 0 aromatic carbocycles. The lowest BCUT2D eigenvalue weighted by atomic mass is 10.2. The summed E-state index contributed by atoms with van der Waals surface area (Å²) in [5.41, 5.74) is 0.451. The van der Waals surface area contributed by atoms with Gasteiger partial charge in [0.1, 0.15) is 4.34 Å². The Labute approximate surface area is 119 Å². The Kier molecular flexibility index (Phi) is 4.60. The number of Topliss-reactive ketones (excluding diaryl/α,β-unsaturated/α-hetero) is 1. The van der Waals surface area contributed by atoms with Crippen LogP contribution < -0.4 is 0 Å². The van der Waals surface area contributed by atoms with Crippen LogP contribution in [0.2, 0.25) is 8.67 Å². The van der Waals surface area contributed by atoms with Crippen LogP contribution in [0.5, 0.6) is 0 Å². The maximum atomic E-state index is 12.0. The Morgan fingerprint density at radius 2 is 2.44 bits per heavy atom. The van der Waals surface area contributed by atoms with Gasteiger partial charge in [-0.3, -0.25) is 9.69 Å². The summed E-state index contributed by atoms with van der Waals surface area (Å²) < 4.78 is 6.13. The lowest BCUT2D eigenvalue weighted by Gasteiger charge is -2.28. The highest BCUT2D eigenvalue weighted by Gasteiger charge is 2.23. The van der Waals surface area contributed by atoms with Gasteiger partial charge >= 0.3 is 0 Å². The highest BCUT2D eigenvalue weighted by atomic mass is 35.5. The fraction of sp³-hybridized carbons (Fsp3) is 0.455. The standard InChI is InChI=1S/C11H10Cl2N2O2S/c12-10-3-8(11(13)18-10)9(16)6-15-1-2-17-7(4-14)5-15/h3,7H,1-2,5-6H2. The topological polar surface area (TPSA) is 53.3 Å². The molecule has 4 nitrogen and oxygen atoms in total. The fourth-order valence-electron chi connectivity index (χ4n) is 1.74. The molecule has 0 N–H and O–H groups in total. The molecule has 7 heteroatoms. The summed E-state index contributed by atoms with van der Waals surface area (Å²) in [4.78, 5) is 13.9. The number of thiophene rings is 1. The second-order valence-corrected chi connectivity index (χ2v) is 6.17. The van der Waals surface area contributed by atoms with Gasteiger partial charge in [-0.25, -0.2) is 0 Å². The number of hydrogen-bond acceptors (Lipinski definition) is 5. The van der Waals surface area contributed by atoms with E-state index >= 15 is 0 Å². The van der Waals surface area contributed by atoms with Crippen LogP contribution in [-0.2, 0) is 4.74 Å². The molecule has 0 bridgehead atoms. The van der Waals surface area contributed by atoms with Gasteiger partial charge in [0, 0.05) is 13.1 Å². The number of nitriles is 1. The molecule has 96 valence electrons. The minimum Gasteiger partial charge on any atom is -0.361 e. The number of carbonyl (C=O) groups is 1. The fourth-order valence-corrected chi connectivity index (χ4v) is 3.24. The minimum atomic E-state index is -0.465. The van der Waals surface area contributed by atoms with E-state index in [2.05, 4.69) is 0 Å². The average Bonchev–Trinajstić information content (AvgIpc) is 2.69. The number of rotatable bonds is 3. The summed E-state index contributed by atoms with van der Waals surface area (Å²) in [6.45, 7) is 1.77. The summed E-state index contributed by atoms with van der Waals surface area (Å²) in [6.07, 6.45) is -0.465. The van der Waals surface area contributed by atoms with E-state index in [1.165, 1.54) is 11.3 Å². The molecule has 1 aliphatic heterocycles. The lowest BCUT2D eigenvalue weighted by Crippen LogP contribution is -2.44. The van der Waals surface area contributed by atoms with Crippen LogP contribution in [0.4, 0.5) is 0 Å². The van der Waals surface area contributed by atoms with Crippen molar-refractivity contribution in [1.29, 1.82) is 5.26 Å². The quantitative estimate of drug-likeness (QED) is 0.805. The van der Waals surface area contributed by atoms with Gasteiger partial charge in [-0.2, -0.15) is 5.26 Å². The SMILES string of the molecule is N#CC1CN(CC(=O)c2cc(Cl)sc2Cl)CCO1. The molecular weight excluding hydrogens is 295 g/mol. The van der Waals surface area contributed by atoms with E-state index in [1.54, 1.807) is 6.07 Å². The molecule has 2 rings (SSSR count). The monoisotopic (exact) mass is 304 g/mol. The largest absolute Gasteiger partial charge is 0.361 e. The number of ether oxygens (including phenoxy) is 1. The van der Waals surface area contributed by atoms with E-state index in [0.717, 1.165) is 0 Å². The molecule has 1 saturated heterocycles. The Balaban J connectivity index is 1.99. The first-order chi connectivity index (χ1) is 8.60. The van der Waals surface area contributed by atoms with Crippen molar-refractivity contribution >= 4 is 40.3 Å². The van der Waals surface area contributed by atoms with E-state index < -0.39 is 6.10 Å². The predicted molar refractivity (Wildman–Crippen MR) is 70.5 cm³/mol. The molecular formula is C11H10Cl2N2O2S. The first-order valence-electron chi connectivity index (χ1n) is 5.31. The van der Waals surface area contributed by atoms with Crippen molar-refractivity contribution in [2.45, 2.75) is 6.10 Å². The number of halogens is 2. The van der Waals surface area contributed by atoms with Crippen molar-refractivity contribution in [1.82, 2.24) is 4.90 Å². The van der Waals surface area contributed by atoms with Crippen molar-refractivity contribution in [3.8, 4) is 6.07 Å². The van der Waals surface area contributed by atoms with Crippen molar-refractivity contribution < 1.29 is 9.53 Å². The van der Waals surface area contributed by atoms with E-state index in [9.17, 15) is 4.79 Å². The number of nitrogens with zero attached hydrogens (tertiary/aromatic N) is 2. The van der Waals surface area contributed by atoms with Crippen molar-refractivity contribution in [2.75, 3.05) is 26.2 Å². The smallest absolute Gasteiger partial charge is 0.179 e. The highest BCUT2D eigenvalue weighted by molar-refractivity contribution is 7.20. The van der Waals surface area contributed by atoms with Crippen LogP contribution >= 0.6 is 34.5 Å². The Morgan fingerprint density at radius 3 is 3.06 bits per heavy atom. The number of carbonyl (C=O) groups excluding carboxylic acids is 1. The molecule has 18 heavy (non-hydrogen) atoms. The lowest BCUT2D eigenvalue weighted by molar-refractivity contribution is 0.00242. The van der Waals surface area contributed by atoms with Gasteiger partial charge in [0.25, 0.3) is 0 Å². The molecule has 0 amide bonds. The molecule has 1 aromatic heterocycles. The van der Waals surface area contributed by atoms with Crippen molar-refractivity contribution in [2.24, 2.45) is 0 Å². The third kappa shape index (κ3) is 3.22. The van der Waals surface area contributed by atoms with Gasteiger partial charge < -0.3 is 4.74 Å². The maximum Gasteiger partial charge on any atom is 0.179 e. The molecule has 1 fully saturated rings. The summed E-state index contributed by atoms with van der Waals surface area (Å²) in [7, 11) is 0. The van der Waals surface area contributed by atoms with Gasteiger partial charge in [0.05, 0.1) is 29.1 Å². The number of morpholine rings is 1. The van der Waals surface area contributed by atoms with Gasteiger partial charge in [-0.05, 0) is 6.07 Å². The molecule has 0 spiro atoms. The zero-order chi connectivity index (χ0) is 13.1. The van der Waals surface area contributed by atoms with Crippen LogP contribution in [0.1, 0.15) is 10.4 Å². The van der Waals surface area contributed by atoms with Crippen LogP contribution in [0.25, 0.3) is 0 Å². The molecule has 1 atom stereocenters. The van der Waals surface area contributed by atoms with Crippen LogP contribution in [-0.4, -0.2) is 43.0 Å². The van der Waals surface area contributed by atoms with E-state index in [-0.39, 0.29) is 12.3 Å². The predicted octanol–water partition coefficient (Wildman–Crippen LogP) is 2.46. The Morgan fingerprint density at radius 1 is 1.67 bits per heavy atom. The van der Waals surface area contributed by atoms with E-state index in [4.69, 9.17) is 33.2 Å². The molecule has 1 aliphatic rings. The summed E-state index contributed by atoms with van der Waals surface area (Å²) in [5.74, 6) is -0.0817. The number of ketones is 1. The minimum absolute atomic E-state index is 0.0817. The number of hydrogen-bond donors (Lipinski definition) is 0. The Hall–Kier alpha value is -0.640. The zero-order valence-electron chi connectivity index (χ0n) is 9.36. The second-order valence-electron chi connectivity index (χ2n) is 3.88. The van der Waals surface area contributed by atoms with Gasteiger partial charge in [-0.15, -0.1) is 11.3 Å². The van der Waals surface area contributed by atoms with Crippen LogP contribution in [0.3, 0.4) is 0 Å². The zero-order valence-corrected chi connectivity index (χ0v) is 11.7. The highest BCUT2D eigenvalue weighted by Crippen LogP contribution is 2.31. The Bertz CT molecular complexity index is 498. The maximum absolute atomic E-state index is 12.0. The molecule has 1 unspecified atom stereocenters. The second kappa shape index (κ2) is 6.00. The average molecular weight is 305 g/mol. The molecule has 0 aliphatic carbocycles. The van der Waals surface area contributed by atoms with Crippen molar-refractivity contribution in [3.05, 3.63) is 20.3 Å². The molecule has 2 heterocycles. The van der Waals surface area contributed by atoms with Gasteiger partial charge in [0.15, 0.2) is 11.9 Å². The summed E-state index contributed by atoms with van der Waals surface area (Å²) in [5, 5.41) is 8.78. The normalized spacial score (nSPS) is 20.6. The summed E-state index contributed by atoms with van der Waals surface area (Å²) >= 11 is 12.9. The summed E-state index contributed by atoms with van der Waals surface area (Å²) in [6, 6.07) is 3.62. The van der Waals surface area contributed by atoms with E-state index in [1.807, 2.05) is 11.0 Å². The first kappa shape index (κ1) is 13.8. The van der Waals surface area contributed by atoms with Crippen LogP contribution in [0, 0.1) is 11.3 Å². The third-order valence-corrected chi connectivity index (χ3v) is 4.11. The van der Waals surface area contributed by atoms with Gasteiger partial charge in [0.2, 0.25) is 0 Å². The van der Waals surface area contributed by atoms with E-state index in [0.29, 0.717) is 33.9 Å². The van der Waals surface area contributed by atoms with Gasteiger partial charge in [-0.1, -0.05) is 23.2 Å². The first-order valence-corrected chi connectivity index (χ1v) is 6.89. The third-order valence-electron chi connectivity index (χ3n) is 2.62. The molecule has 0 saturated carbocycles. The molecule has 0 radical (unpaired) electrons. The van der Waals surface area contributed by atoms with Crippen LogP contribution in [0.15, 0.2) is 6.07 Å².